The van der Waals surface area contributed by atoms with Crippen LogP contribution in [0.3, 0.4) is 0 Å². The predicted molar refractivity (Wildman–Crippen MR) is 111 cm³/mol. The van der Waals surface area contributed by atoms with Crippen molar-refractivity contribution in [2.24, 2.45) is 5.73 Å². The quantitative estimate of drug-likeness (QED) is 0.720. The number of para-hydroxylation sites is 1. The third kappa shape index (κ3) is 4.29. The van der Waals surface area contributed by atoms with Crippen molar-refractivity contribution in [2.45, 2.75) is 30.4 Å². The predicted octanol–water partition coefficient (Wildman–Crippen LogP) is 2.59. The van der Waals surface area contributed by atoms with Gasteiger partial charge in [-0.1, -0.05) is 18.6 Å². The van der Waals surface area contributed by atoms with Gasteiger partial charge in [0.05, 0.1) is 18.2 Å². The van der Waals surface area contributed by atoms with Crippen LogP contribution in [-0.4, -0.2) is 44.7 Å². The van der Waals surface area contributed by atoms with E-state index in [-0.39, 0.29) is 20.3 Å². The van der Waals surface area contributed by atoms with Gasteiger partial charge in [-0.2, -0.15) is 4.31 Å². The van der Waals surface area contributed by atoms with Crippen LogP contribution in [0.25, 0.3) is 0 Å². The maximum absolute atomic E-state index is 12.9. The number of piperidine rings is 1. The number of primary amides is 1. The van der Waals surface area contributed by atoms with Crippen molar-refractivity contribution < 1.29 is 22.7 Å². The molecular formula is C19H23N3O5S2. The van der Waals surface area contributed by atoms with E-state index in [9.17, 15) is 18.0 Å². The first-order valence-electron chi connectivity index (χ1n) is 9.14. The number of ether oxygens (including phenoxy) is 1. The number of nitrogens with two attached hydrogens (primary N) is 1. The van der Waals surface area contributed by atoms with Crippen LogP contribution in [0.15, 0.2) is 28.5 Å². The number of amides is 2. The maximum atomic E-state index is 12.9. The lowest BCUT2D eigenvalue weighted by Crippen LogP contribution is -2.35. The number of aryl methyl sites for hydroxylation is 1. The lowest BCUT2D eigenvalue weighted by molar-refractivity contribution is 0.100. The topological polar surface area (TPSA) is 119 Å². The van der Waals surface area contributed by atoms with Crippen molar-refractivity contribution >= 4 is 38.2 Å². The highest BCUT2D eigenvalue weighted by Crippen LogP contribution is 2.35. The normalized spacial score (nSPS) is 15.1. The molecule has 1 aromatic heterocycles. The van der Waals surface area contributed by atoms with Gasteiger partial charge in [0.15, 0.2) is 0 Å². The molecule has 8 nitrogen and oxygen atoms in total. The zero-order valence-corrected chi connectivity index (χ0v) is 17.9. The summed E-state index contributed by atoms with van der Waals surface area (Å²) in [6, 6.07) is 6.34. The summed E-state index contributed by atoms with van der Waals surface area (Å²) in [4.78, 5) is 24.7. The minimum atomic E-state index is -3.75. The van der Waals surface area contributed by atoms with Crippen LogP contribution in [0, 0.1) is 6.92 Å². The molecule has 0 aliphatic carbocycles. The van der Waals surface area contributed by atoms with E-state index in [4.69, 9.17) is 10.5 Å². The van der Waals surface area contributed by atoms with E-state index in [0.717, 1.165) is 36.2 Å². The minimum Gasteiger partial charge on any atom is -0.496 e. The standard InChI is InChI=1S/C19H23N3O5S2/c1-12-7-6-8-13(16(12)27-2)18(24)21-19-14(17(20)23)11-15(28-19)29(25,26)22-9-4-3-5-10-22/h6-8,11H,3-5,9-10H2,1-2H3,(H2,20,23)(H,21,24). The summed E-state index contributed by atoms with van der Waals surface area (Å²) in [5.74, 6) is -0.923. The number of nitrogens with zero attached hydrogens (tertiary/aromatic N) is 1. The number of hydrogen-bond acceptors (Lipinski definition) is 6. The Balaban J connectivity index is 1.95. The number of carbonyl (C=O) groups excluding carboxylic acids is 2. The molecule has 0 radical (unpaired) electrons. The van der Waals surface area contributed by atoms with Gasteiger partial charge >= 0.3 is 0 Å². The van der Waals surface area contributed by atoms with Crippen LogP contribution in [0.5, 0.6) is 5.75 Å². The van der Waals surface area contributed by atoms with E-state index >= 15 is 0 Å². The Morgan fingerprint density at radius 2 is 1.86 bits per heavy atom. The molecule has 2 aromatic rings. The number of hydrogen-bond donors (Lipinski definition) is 2. The number of anilines is 1. The van der Waals surface area contributed by atoms with E-state index in [1.807, 2.05) is 0 Å². The van der Waals surface area contributed by atoms with Gasteiger partial charge in [-0.3, -0.25) is 9.59 Å². The Morgan fingerprint density at radius 1 is 1.17 bits per heavy atom. The highest BCUT2D eigenvalue weighted by molar-refractivity contribution is 7.91. The second-order valence-electron chi connectivity index (χ2n) is 6.75. The average Bonchev–Trinajstić information content (AvgIpc) is 3.13. The summed E-state index contributed by atoms with van der Waals surface area (Å²) in [7, 11) is -2.29. The zero-order chi connectivity index (χ0) is 21.2. The summed E-state index contributed by atoms with van der Waals surface area (Å²) in [6.45, 7) is 2.68. The molecule has 1 fully saturated rings. The average molecular weight is 438 g/mol. The van der Waals surface area contributed by atoms with Gasteiger partial charge in [-0.05, 0) is 37.5 Å². The maximum Gasteiger partial charge on any atom is 0.260 e. The summed E-state index contributed by atoms with van der Waals surface area (Å²) >= 11 is 0.826. The van der Waals surface area contributed by atoms with Crippen molar-refractivity contribution in [3.8, 4) is 5.75 Å². The molecule has 2 amide bonds. The smallest absolute Gasteiger partial charge is 0.260 e. The first-order chi connectivity index (χ1) is 13.8. The number of methoxy groups -OCH3 is 1. The van der Waals surface area contributed by atoms with E-state index in [2.05, 4.69) is 5.32 Å². The molecule has 0 unspecified atom stereocenters. The largest absolute Gasteiger partial charge is 0.496 e. The molecule has 1 aliphatic heterocycles. The lowest BCUT2D eigenvalue weighted by Gasteiger charge is -2.25. The number of thiophene rings is 1. The lowest BCUT2D eigenvalue weighted by atomic mass is 10.1. The first kappa shape index (κ1) is 21.3. The van der Waals surface area contributed by atoms with Crippen LogP contribution < -0.4 is 15.8 Å². The first-order valence-corrected chi connectivity index (χ1v) is 11.4. The highest BCUT2D eigenvalue weighted by Gasteiger charge is 2.30. The fourth-order valence-electron chi connectivity index (χ4n) is 3.28. The number of carbonyl (C=O) groups is 2. The number of sulfonamides is 1. The van der Waals surface area contributed by atoms with E-state index in [0.29, 0.717) is 18.8 Å². The highest BCUT2D eigenvalue weighted by atomic mass is 32.2. The molecule has 2 heterocycles. The monoisotopic (exact) mass is 437 g/mol. The summed E-state index contributed by atoms with van der Waals surface area (Å²) in [5, 5.41) is 2.72. The third-order valence-corrected chi connectivity index (χ3v) is 8.17. The van der Waals surface area contributed by atoms with Gasteiger partial charge in [0.25, 0.3) is 21.8 Å². The van der Waals surface area contributed by atoms with Gasteiger partial charge in [0.2, 0.25) is 0 Å². The molecule has 3 rings (SSSR count). The zero-order valence-electron chi connectivity index (χ0n) is 16.2. The molecule has 0 atom stereocenters. The molecule has 1 saturated heterocycles. The summed E-state index contributed by atoms with van der Waals surface area (Å²) in [6.07, 6.45) is 2.58. The molecule has 0 bridgehead atoms. The van der Waals surface area contributed by atoms with Crippen molar-refractivity contribution in [3.05, 3.63) is 41.0 Å². The molecule has 29 heavy (non-hydrogen) atoms. The molecular weight excluding hydrogens is 414 g/mol. The van der Waals surface area contributed by atoms with Crippen LogP contribution >= 0.6 is 11.3 Å². The van der Waals surface area contributed by atoms with Crippen molar-refractivity contribution in [1.82, 2.24) is 4.31 Å². The molecule has 1 aliphatic rings. The second-order valence-corrected chi connectivity index (χ2v) is 9.96. The van der Waals surface area contributed by atoms with Gasteiger partial charge in [0.1, 0.15) is 15.0 Å². The second kappa shape index (κ2) is 8.52. The van der Waals surface area contributed by atoms with E-state index < -0.39 is 21.8 Å². The molecule has 3 N–H and O–H groups in total. The van der Waals surface area contributed by atoms with Gasteiger partial charge in [0, 0.05) is 13.1 Å². The molecule has 0 saturated carbocycles. The summed E-state index contributed by atoms with van der Waals surface area (Å²) in [5.41, 5.74) is 6.44. The fraction of sp³-hybridized carbons (Fsp3) is 0.368. The van der Waals surface area contributed by atoms with E-state index in [1.54, 1.807) is 25.1 Å². The van der Waals surface area contributed by atoms with E-state index in [1.165, 1.54) is 17.5 Å². The number of rotatable bonds is 6. The van der Waals surface area contributed by atoms with Crippen LogP contribution in [0.1, 0.15) is 45.5 Å². The van der Waals surface area contributed by atoms with Gasteiger partial charge < -0.3 is 15.8 Å². The molecule has 1 aromatic carbocycles. The number of benzene rings is 1. The Morgan fingerprint density at radius 3 is 2.48 bits per heavy atom. The Hall–Kier alpha value is -2.43. The van der Waals surface area contributed by atoms with Crippen molar-refractivity contribution in [3.63, 3.8) is 0 Å². The summed E-state index contributed by atoms with van der Waals surface area (Å²) < 4.78 is 32.5. The fourth-order valence-corrected chi connectivity index (χ4v) is 6.32. The van der Waals surface area contributed by atoms with Crippen molar-refractivity contribution in [1.29, 1.82) is 0 Å². The van der Waals surface area contributed by atoms with Gasteiger partial charge in [-0.15, -0.1) is 11.3 Å². The third-order valence-electron chi connectivity index (χ3n) is 4.77. The number of nitrogens with one attached hydrogen (secondary N) is 1. The minimum absolute atomic E-state index is 0.0142. The molecule has 0 spiro atoms. The molecule has 10 heteroatoms. The van der Waals surface area contributed by atoms with Crippen molar-refractivity contribution in [2.75, 3.05) is 25.5 Å². The van der Waals surface area contributed by atoms with Crippen LogP contribution in [0.2, 0.25) is 0 Å². The van der Waals surface area contributed by atoms with Crippen LogP contribution in [-0.2, 0) is 10.0 Å². The SMILES string of the molecule is COc1c(C)cccc1C(=O)Nc1sc(S(=O)(=O)N2CCCCC2)cc1C(N)=O. The Bertz CT molecular complexity index is 1040. The van der Waals surface area contributed by atoms with Gasteiger partial charge in [-0.25, -0.2) is 8.42 Å². The Kier molecular flexibility index (Phi) is 6.25. The van der Waals surface area contributed by atoms with Crippen LogP contribution in [0.4, 0.5) is 5.00 Å². The molecule has 156 valence electrons. The Labute approximate surface area is 173 Å².